The van der Waals surface area contributed by atoms with Crippen molar-refractivity contribution in [3.63, 3.8) is 0 Å². The summed E-state index contributed by atoms with van der Waals surface area (Å²) in [6, 6.07) is 12.8. The summed E-state index contributed by atoms with van der Waals surface area (Å²) in [5.74, 6) is 1.80. The Morgan fingerprint density at radius 2 is 1.71 bits per heavy atom. The summed E-state index contributed by atoms with van der Waals surface area (Å²) in [4.78, 5) is 25.4. The molecule has 1 N–H and O–H groups in total. The summed E-state index contributed by atoms with van der Waals surface area (Å²) >= 11 is 0. The van der Waals surface area contributed by atoms with Gasteiger partial charge >= 0.3 is 0 Å². The van der Waals surface area contributed by atoms with Crippen molar-refractivity contribution in [3.8, 4) is 11.3 Å². The summed E-state index contributed by atoms with van der Waals surface area (Å²) in [5, 5.41) is 3.66. The lowest BCUT2D eigenvalue weighted by Crippen LogP contribution is -2.48. The van der Waals surface area contributed by atoms with Crippen molar-refractivity contribution < 1.29 is 4.79 Å². The summed E-state index contributed by atoms with van der Waals surface area (Å²) < 4.78 is 0. The SMILES string of the molecule is CC(=O)N1CCN(c2nc(NC3CCCCC3)cc(-c3ccccc3)n2)CC1. The maximum absolute atomic E-state index is 11.6. The standard InChI is InChI=1S/C22H29N5O/c1-17(28)26-12-14-27(15-13-26)22-24-20(18-8-4-2-5-9-18)16-21(25-22)23-19-10-6-3-7-11-19/h2,4-5,8-9,16,19H,3,6-7,10-15H2,1H3,(H,23,24,25). The fourth-order valence-corrected chi connectivity index (χ4v) is 4.08. The summed E-state index contributed by atoms with van der Waals surface area (Å²) in [7, 11) is 0. The summed E-state index contributed by atoms with van der Waals surface area (Å²) in [6.45, 7) is 4.61. The van der Waals surface area contributed by atoms with Crippen molar-refractivity contribution in [2.24, 2.45) is 0 Å². The minimum Gasteiger partial charge on any atom is -0.367 e. The smallest absolute Gasteiger partial charge is 0.227 e. The number of amides is 1. The molecule has 2 aliphatic rings. The van der Waals surface area contributed by atoms with Crippen LogP contribution in [0, 0.1) is 0 Å². The van der Waals surface area contributed by atoms with Gasteiger partial charge in [0, 0.05) is 50.8 Å². The van der Waals surface area contributed by atoms with Crippen molar-refractivity contribution >= 4 is 17.7 Å². The molecule has 1 aliphatic carbocycles. The van der Waals surface area contributed by atoms with Crippen LogP contribution in [-0.2, 0) is 4.79 Å². The largest absolute Gasteiger partial charge is 0.367 e. The van der Waals surface area contributed by atoms with Crippen LogP contribution in [0.4, 0.5) is 11.8 Å². The van der Waals surface area contributed by atoms with E-state index in [1.165, 1.54) is 32.1 Å². The van der Waals surface area contributed by atoms with Gasteiger partial charge in [-0.05, 0) is 12.8 Å². The van der Waals surface area contributed by atoms with Crippen LogP contribution < -0.4 is 10.2 Å². The van der Waals surface area contributed by atoms with Crippen LogP contribution in [0.1, 0.15) is 39.0 Å². The lowest BCUT2D eigenvalue weighted by Gasteiger charge is -2.34. The molecule has 1 amide bonds. The van der Waals surface area contributed by atoms with E-state index in [-0.39, 0.29) is 5.91 Å². The molecule has 0 unspecified atom stereocenters. The van der Waals surface area contributed by atoms with Crippen molar-refractivity contribution in [2.45, 2.75) is 45.1 Å². The number of aromatic nitrogens is 2. The van der Waals surface area contributed by atoms with E-state index in [2.05, 4.69) is 28.4 Å². The highest BCUT2D eigenvalue weighted by Gasteiger charge is 2.22. The Kier molecular flexibility index (Phi) is 5.74. The van der Waals surface area contributed by atoms with E-state index < -0.39 is 0 Å². The number of hydrogen-bond donors (Lipinski definition) is 1. The molecule has 6 heteroatoms. The first-order valence-corrected chi connectivity index (χ1v) is 10.4. The molecule has 2 aromatic rings. The van der Waals surface area contributed by atoms with E-state index in [0.29, 0.717) is 6.04 Å². The van der Waals surface area contributed by atoms with Gasteiger partial charge in [-0.25, -0.2) is 4.98 Å². The second-order valence-corrected chi connectivity index (χ2v) is 7.78. The van der Waals surface area contributed by atoms with Gasteiger partial charge in [0.05, 0.1) is 5.69 Å². The van der Waals surface area contributed by atoms with Gasteiger partial charge in [-0.3, -0.25) is 4.79 Å². The Bertz CT molecular complexity index is 796. The van der Waals surface area contributed by atoms with Gasteiger partial charge < -0.3 is 15.1 Å². The first-order chi connectivity index (χ1) is 13.7. The van der Waals surface area contributed by atoms with E-state index in [4.69, 9.17) is 9.97 Å². The zero-order valence-electron chi connectivity index (χ0n) is 16.6. The lowest BCUT2D eigenvalue weighted by atomic mass is 9.95. The molecule has 2 heterocycles. The molecule has 0 bridgehead atoms. The molecule has 0 spiro atoms. The Morgan fingerprint density at radius 1 is 1.00 bits per heavy atom. The summed E-state index contributed by atoms with van der Waals surface area (Å²) in [6.07, 6.45) is 6.32. The van der Waals surface area contributed by atoms with Gasteiger partial charge in [0.1, 0.15) is 5.82 Å². The highest BCUT2D eigenvalue weighted by molar-refractivity contribution is 5.73. The molecule has 1 aliphatic heterocycles. The van der Waals surface area contributed by atoms with Crippen LogP contribution in [0.5, 0.6) is 0 Å². The Labute approximate surface area is 167 Å². The third kappa shape index (κ3) is 4.43. The molecule has 0 radical (unpaired) electrons. The highest BCUT2D eigenvalue weighted by Crippen LogP contribution is 2.26. The summed E-state index contributed by atoms with van der Waals surface area (Å²) in [5.41, 5.74) is 2.04. The number of benzene rings is 1. The number of hydrogen-bond acceptors (Lipinski definition) is 5. The van der Waals surface area contributed by atoms with Crippen LogP contribution in [0.2, 0.25) is 0 Å². The first kappa shape index (κ1) is 18.7. The second kappa shape index (κ2) is 8.59. The van der Waals surface area contributed by atoms with Gasteiger partial charge in [0.25, 0.3) is 0 Å². The van der Waals surface area contributed by atoms with Crippen LogP contribution in [0.25, 0.3) is 11.3 Å². The third-order valence-corrected chi connectivity index (χ3v) is 5.75. The molecule has 1 saturated carbocycles. The number of carbonyl (C=O) groups is 1. The number of anilines is 2. The molecule has 1 aromatic carbocycles. The van der Waals surface area contributed by atoms with Crippen molar-refractivity contribution in [2.75, 3.05) is 36.4 Å². The fraction of sp³-hybridized carbons (Fsp3) is 0.500. The molecule has 1 saturated heterocycles. The van der Waals surface area contributed by atoms with Crippen molar-refractivity contribution in [3.05, 3.63) is 36.4 Å². The number of rotatable bonds is 4. The molecule has 6 nitrogen and oxygen atoms in total. The maximum Gasteiger partial charge on any atom is 0.227 e. The maximum atomic E-state index is 11.6. The molecular formula is C22H29N5O. The third-order valence-electron chi connectivity index (χ3n) is 5.75. The topological polar surface area (TPSA) is 61.4 Å². The van der Waals surface area contributed by atoms with Crippen LogP contribution in [-0.4, -0.2) is 53.0 Å². The quantitative estimate of drug-likeness (QED) is 0.880. The number of nitrogens with one attached hydrogen (secondary N) is 1. The number of nitrogens with zero attached hydrogens (tertiary/aromatic N) is 4. The van der Waals surface area contributed by atoms with Gasteiger partial charge in [0.15, 0.2) is 0 Å². The fourth-order valence-electron chi connectivity index (χ4n) is 4.08. The average molecular weight is 380 g/mol. The zero-order valence-corrected chi connectivity index (χ0v) is 16.6. The van der Waals surface area contributed by atoms with E-state index in [9.17, 15) is 4.79 Å². The number of carbonyl (C=O) groups excluding carboxylic acids is 1. The van der Waals surface area contributed by atoms with E-state index in [1.807, 2.05) is 23.1 Å². The zero-order chi connectivity index (χ0) is 19.3. The molecule has 2 fully saturated rings. The second-order valence-electron chi connectivity index (χ2n) is 7.78. The Hall–Kier alpha value is -2.63. The van der Waals surface area contributed by atoms with E-state index in [0.717, 1.165) is 49.2 Å². The van der Waals surface area contributed by atoms with Crippen LogP contribution in [0.15, 0.2) is 36.4 Å². The number of piperazine rings is 1. The van der Waals surface area contributed by atoms with E-state index in [1.54, 1.807) is 6.92 Å². The molecule has 1 aromatic heterocycles. The van der Waals surface area contributed by atoms with Crippen molar-refractivity contribution in [1.29, 1.82) is 0 Å². The Morgan fingerprint density at radius 3 is 2.39 bits per heavy atom. The molecule has 0 atom stereocenters. The van der Waals surface area contributed by atoms with Gasteiger partial charge in [-0.2, -0.15) is 4.98 Å². The van der Waals surface area contributed by atoms with Gasteiger partial charge in [-0.15, -0.1) is 0 Å². The normalized spacial score (nSPS) is 18.2. The van der Waals surface area contributed by atoms with Crippen LogP contribution in [0.3, 0.4) is 0 Å². The Balaban J connectivity index is 1.59. The first-order valence-electron chi connectivity index (χ1n) is 10.4. The average Bonchev–Trinajstić information content (AvgIpc) is 2.75. The van der Waals surface area contributed by atoms with E-state index >= 15 is 0 Å². The molecule has 28 heavy (non-hydrogen) atoms. The predicted molar refractivity (Wildman–Crippen MR) is 112 cm³/mol. The van der Waals surface area contributed by atoms with Crippen LogP contribution >= 0.6 is 0 Å². The highest BCUT2D eigenvalue weighted by atomic mass is 16.2. The van der Waals surface area contributed by atoms with Gasteiger partial charge in [-0.1, -0.05) is 49.6 Å². The lowest BCUT2D eigenvalue weighted by molar-refractivity contribution is -0.129. The van der Waals surface area contributed by atoms with Gasteiger partial charge in [0.2, 0.25) is 11.9 Å². The monoisotopic (exact) mass is 379 g/mol. The van der Waals surface area contributed by atoms with Crippen molar-refractivity contribution in [1.82, 2.24) is 14.9 Å². The minimum atomic E-state index is 0.137. The molecular weight excluding hydrogens is 350 g/mol. The predicted octanol–water partition coefficient (Wildman–Crippen LogP) is 3.56. The minimum absolute atomic E-state index is 0.137. The molecule has 4 rings (SSSR count). The molecule has 148 valence electrons.